The fraction of sp³-hybridized carbons (Fsp3) is 0.933. The number of methoxy groups -OCH3 is 1. The van der Waals surface area contributed by atoms with Gasteiger partial charge >= 0.3 is 5.97 Å². The standard InChI is InChI=1S/C15H29N3O2/c1-15(16,14(19)20-2)7-5-8-17-10-11-18-9-4-3-6-13(18)12-17/h13H,3-12,16H2,1-2H3. The molecule has 116 valence electrons. The van der Waals surface area contributed by atoms with E-state index in [1.165, 1.54) is 46.0 Å². The molecule has 0 amide bonds. The summed E-state index contributed by atoms with van der Waals surface area (Å²) < 4.78 is 4.74. The average molecular weight is 283 g/mol. The lowest BCUT2D eigenvalue weighted by Gasteiger charge is -2.44. The summed E-state index contributed by atoms with van der Waals surface area (Å²) in [5, 5.41) is 0. The smallest absolute Gasteiger partial charge is 0.325 e. The maximum Gasteiger partial charge on any atom is 0.325 e. The van der Waals surface area contributed by atoms with Crippen LogP contribution >= 0.6 is 0 Å². The van der Waals surface area contributed by atoms with Crippen molar-refractivity contribution in [2.24, 2.45) is 5.73 Å². The Morgan fingerprint density at radius 2 is 2.15 bits per heavy atom. The van der Waals surface area contributed by atoms with Gasteiger partial charge in [0.1, 0.15) is 5.54 Å². The number of hydrogen-bond acceptors (Lipinski definition) is 5. The van der Waals surface area contributed by atoms with E-state index in [9.17, 15) is 4.79 Å². The van der Waals surface area contributed by atoms with Gasteiger partial charge in [-0.15, -0.1) is 0 Å². The molecule has 0 aromatic rings. The molecule has 0 aromatic carbocycles. The minimum absolute atomic E-state index is 0.311. The van der Waals surface area contributed by atoms with Crippen molar-refractivity contribution in [1.82, 2.24) is 9.80 Å². The Kier molecular flexibility index (Phi) is 5.41. The van der Waals surface area contributed by atoms with Gasteiger partial charge in [-0.25, -0.2) is 0 Å². The molecule has 2 fully saturated rings. The third-order valence-corrected chi connectivity index (χ3v) is 4.74. The minimum atomic E-state index is -0.846. The van der Waals surface area contributed by atoms with E-state index >= 15 is 0 Å². The van der Waals surface area contributed by atoms with E-state index in [2.05, 4.69) is 9.80 Å². The predicted molar refractivity (Wildman–Crippen MR) is 79.5 cm³/mol. The molecule has 5 heteroatoms. The molecule has 0 radical (unpaired) electrons. The molecule has 0 aliphatic carbocycles. The van der Waals surface area contributed by atoms with Gasteiger partial charge in [-0.2, -0.15) is 0 Å². The number of hydrogen-bond donors (Lipinski definition) is 1. The van der Waals surface area contributed by atoms with Crippen LogP contribution in [0.15, 0.2) is 0 Å². The number of esters is 1. The summed E-state index contributed by atoms with van der Waals surface area (Å²) in [6.45, 7) is 7.60. The molecule has 5 nitrogen and oxygen atoms in total. The van der Waals surface area contributed by atoms with E-state index in [1.807, 2.05) is 0 Å². The fourth-order valence-electron chi connectivity index (χ4n) is 3.43. The zero-order valence-corrected chi connectivity index (χ0v) is 12.9. The lowest BCUT2D eigenvalue weighted by atomic mass is 9.96. The largest absolute Gasteiger partial charge is 0.468 e. The second-order valence-corrected chi connectivity index (χ2v) is 6.50. The summed E-state index contributed by atoms with van der Waals surface area (Å²) in [6.07, 6.45) is 5.71. The van der Waals surface area contributed by atoms with E-state index < -0.39 is 5.54 Å². The first-order valence-corrected chi connectivity index (χ1v) is 7.86. The Morgan fingerprint density at radius 3 is 2.90 bits per heavy atom. The molecule has 0 aromatic heterocycles. The van der Waals surface area contributed by atoms with Crippen molar-refractivity contribution in [2.45, 2.75) is 50.6 Å². The molecule has 2 heterocycles. The highest BCUT2D eigenvalue weighted by Crippen LogP contribution is 2.21. The van der Waals surface area contributed by atoms with Gasteiger partial charge in [0.15, 0.2) is 0 Å². The van der Waals surface area contributed by atoms with Crippen molar-refractivity contribution < 1.29 is 9.53 Å². The number of nitrogens with two attached hydrogens (primary N) is 1. The molecule has 0 bridgehead atoms. The van der Waals surface area contributed by atoms with Gasteiger partial charge in [-0.1, -0.05) is 6.42 Å². The molecule has 2 aliphatic heterocycles. The van der Waals surface area contributed by atoms with Crippen LogP contribution in [0.3, 0.4) is 0 Å². The summed E-state index contributed by atoms with van der Waals surface area (Å²) in [5.74, 6) is -0.311. The van der Waals surface area contributed by atoms with Gasteiger partial charge in [0.2, 0.25) is 0 Å². The van der Waals surface area contributed by atoms with Crippen LogP contribution < -0.4 is 5.73 Å². The van der Waals surface area contributed by atoms with Gasteiger partial charge in [0.05, 0.1) is 7.11 Å². The monoisotopic (exact) mass is 283 g/mol. The Morgan fingerprint density at radius 1 is 1.35 bits per heavy atom. The highest BCUT2D eigenvalue weighted by molar-refractivity contribution is 5.79. The highest BCUT2D eigenvalue weighted by atomic mass is 16.5. The number of nitrogens with zero attached hydrogens (tertiary/aromatic N) is 2. The fourth-order valence-corrected chi connectivity index (χ4v) is 3.43. The molecule has 2 N–H and O–H groups in total. The first kappa shape index (κ1) is 15.7. The van der Waals surface area contributed by atoms with Crippen molar-refractivity contribution >= 4 is 5.97 Å². The Bertz CT molecular complexity index is 333. The van der Waals surface area contributed by atoms with Gasteiger partial charge in [-0.3, -0.25) is 9.69 Å². The Hall–Kier alpha value is -0.650. The molecule has 20 heavy (non-hydrogen) atoms. The predicted octanol–water partition coefficient (Wildman–Crippen LogP) is 0.827. The minimum Gasteiger partial charge on any atom is -0.468 e. The van der Waals surface area contributed by atoms with E-state index in [0.29, 0.717) is 6.42 Å². The second-order valence-electron chi connectivity index (χ2n) is 6.50. The van der Waals surface area contributed by atoms with Crippen molar-refractivity contribution in [3.63, 3.8) is 0 Å². The van der Waals surface area contributed by atoms with Crippen molar-refractivity contribution in [2.75, 3.05) is 39.8 Å². The van der Waals surface area contributed by atoms with Crippen LogP contribution in [0.5, 0.6) is 0 Å². The highest BCUT2D eigenvalue weighted by Gasteiger charge is 2.31. The molecule has 2 unspecified atom stereocenters. The van der Waals surface area contributed by atoms with Gasteiger partial charge in [0.25, 0.3) is 0 Å². The first-order valence-electron chi connectivity index (χ1n) is 7.86. The van der Waals surface area contributed by atoms with Gasteiger partial charge < -0.3 is 15.4 Å². The SMILES string of the molecule is COC(=O)C(C)(N)CCCN1CCN2CCCCC2C1. The molecule has 2 saturated heterocycles. The van der Waals surface area contributed by atoms with Gasteiger partial charge in [0, 0.05) is 25.7 Å². The van der Waals surface area contributed by atoms with Crippen LogP contribution in [-0.4, -0.2) is 67.2 Å². The zero-order valence-electron chi connectivity index (χ0n) is 12.9. The molecular formula is C15H29N3O2. The van der Waals surface area contributed by atoms with E-state index in [-0.39, 0.29) is 5.97 Å². The lowest BCUT2D eigenvalue weighted by molar-refractivity contribution is -0.146. The van der Waals surface area contributed by atoms with Crippen LogP contribution in [-0.2, 0) is 9.53 Å². The van der Waals surface area contributed by atoms with Crippen LogP contribution in [0.2, 0.25) is 0 Å². The van der Waals surface area contributed by atoms with Crippen molar-refractivity contribution in [3.05, 3.63) is 0 Å². The quantitative estimate of drug-likeness (QED) is 0.757. The number of rotatable bonds is 5. The lowest BCUT2D eigenvalue weighted by Crippen LogP contribution is -2.55. The number of carbonyl (C=O) groups excluding carboxylic acids is 1. The molecule has 2 rings (SSSR count). The molecular weight excluding hydrogens is 254 g/mol. The number of piperidine rings is 1. The summed E-state index contributed by atoms with van der Waals surface area (Å²) >= 11 is 0. The van der Waals surface area contributed by atoms with E-state index in [4.69, 9.17) is 10.5 Å². The Labute approximate surface area is 122 Å². The van der Waals surface area contributed by atoms with Crippen molar-refractivity contribution in [1.29, 1.82) is 0 Å². The van der Waals surface area contributed by atoms with Gasteiger partial charge in [-0.05, 0) is 45.7 Å². The zero-order chi connectivity index (χ0) is 14.6. The topological polar surface area (TPSA) is 58.8 Å². The van der Waals surface area contributed by atoms with Crippen LogP contribution in [0, 0.1) is 0 Å². The number of carbonyl (C=O) groups is 1. The van der Waals surface area contributed by atoms with E-state index in [1.54, 1.807) is 6.92 Å². The number of fused-ring (bicyclic) bond motifs is 1. The van der Waals surface area contributed by atoms with Crippen LogP contribution in [0.4, 0.5) is 0 Å². The summed E-state index contributed by atoms with van der Waals surface area (Å²) in [7, 11) is 1.40. The second kappa shape index (κ2) is 6.87. The average Bonchev–Trinajstić information content (AvgIpc) is 2.46. The van der Waals surface area contributed by atoms with Crippen LogP contribution in [0.1, 0.15) is 39.0 Å². The third kappa shape index (κ3) is 3.93. The molecule has 0 saturated carbocycles. The maximum absolute atomic E-state index is 11.5. The van der Waals surface area contributed by atoms with Crippen LogP contribution in [0.25, 0.3) is 0 Å². The molecule has 0 spiro atoms. The first-order chi connectivity index (χ1) is 9.53. The summed E-state index contributed by atoms with van der Waals surface area (Å²) in [6, 6.07) is 0.752. The van der Waals surface area contributed by atoms with E-state index in [0.717, 1.165) is 25.6 Å². The normalized spacial score (nSPS) is 27.6. The Balaban J connectivity index is 1.71. The third-order valence-electron chi connectivity index (χ3n) is 4.74. The summed E-state index contributed by atoms with van der Waals surface area (Å²) in [5.41, 5.74) is 5.15. The number of piperazine rings is 1. The maximum atomic E-state index is 11.5. The van der Waals surface area contributed by atoms with Crippen molar-refractivity contribution in [3.8, 4) is 0 Å². The number of ether oxygens (including phenoxy) is 1. The molecule has 2 atom stereocenters. The molecule has 2 aliphatic rings. The summed E-state index contributed by atoms with van der Waals surface area (Å²) in [4.78, 5) is 16.7.